The highest BCUT2D eigenvalue weighted by molar-refractivity contribution is 7.13. The topological polar surface area (TPSA) is 88.7 Å². The first-order valence-corrected chi connectivity index (χ1v) is 6.16. The van der Waals surface area contributed by atoms with Gasteiger partial charge in [-0.25, -0.2) is 0 Å². The van der Waals surface area contributed by atoms with Gasteiger partial charge in [-0.05, 0) is 30.4 Å². The maximum atomic E-state index is 8.31. The fraction of sp³-hybridized carbons (Fsp3) is 0.364. The molecule has 2 aromatic rings. The van der Waals surface area contributed by atoms with Crippen molar-refractivity contribution in [2.45, 2.75) is 25.2 Å². The summed E-state index contributed by atoms with van der Waals surface area (Å²) in [5.74, 6) is 1.72. The molecule has 0 amide bonds. The highest BCUT2D eigenvalue weighted by Gasteiger charge is 2.28. The number of nitriles is 1. The molecule has 3 rings (SSSR count). The van der Waals surface area contributed by atoms with Crippen molar-refractivity contribution in [2.75, 3.05) is 5.73 Å². The molecule has 0 aliphatic heterocycles. The van der Waals surface area contributed by atoms with Gasteiger partial charge in [-0.2, -0.15) is 10.2 Å². The third-order valence-electron chi connectivity index (χ3n) is 2.20. The van der Waals surface area contributed by atoms with Gasteiger partial charge in [-0.3, -0.25) is 0 Å². The molecule has 1 aliphatic rings. The Morgan fingerprint density at radius 2 is 2.41 bits per heavy atom. The number of aromatic nitrogens is 2. The second kappa shape index (κ2) is 5.46. The van der Waals surface area contributed by atoms with E-state index in [1.807, 2.05) is 23.6 Å². The number of thiophene rings is 1. The van der Waals surface area contributed by atoms with E-state index in [1.165, 1.54) is 0 Å². The van der Waals surface area contributed by atoms with E-state index in [0.717, 1.165) is 23.7 Å². The summed E-state index contributed by atoms with van der Waals surface area (Å²) < 4.78 is 4.82. The van der Waals surface area contributed by atoms with Gasteiger partial charge in [0.15, 0.2) is 5.82 Å². The van der Waals surface area contributed by atoms with Gasteiger partial charge in [0.05, 0.1) is 11.1 Å². The molecule has 0 aromatic carbocycles. The van der Waals surface area contributed by atoms with Gasteiger partial charge in [0, 0.05) is 5.92 Å². The lowest BCUT2D eigenvalue weighted by Crippen LogP contribution is -1.83. The number of rotatable bonds is 2. The van der Waals surface area contributed by atoms with Crippen LogP contribution in [0.4, 0.5) is 5.00 Å². The third kappa shape index (κ3) is 3.57. The minimum Gasteiger partial charge on any atom is -0.391 e. The highest BCUT2D eigenvalue weighted by Crippen LogP contribution is 2.37. The van der Waals surface area contributed by atoms with Crippen LogP contribution in [0.25, 0.3) is 0 Å². The molecule has 1 fully saturated rings. The van der Waals surface area contributed by atoms with Crippen LogP contribution in [0.15, 0.2) is 22.0 Å². The number of nitrogens with two attached hydrogens (primary N) is 1. The highest BCUT2D eigenvalue weighted by atomic mass is 32.1. The monoisotopic (exact) mass is 248 g/mol. The quantitative estimate of drug-likeness (QED) is 0.881. The van der Waals surface area contributed by atoms with Gasteiger partial charge in [-0.1, -0.05) is 5.16 Å². The van der Waals surface area contributed by atoms with E-state index in [-0.39, 0.29) is 6.42 Å². The van der Waals surface area contributed by atoms with Crippen LogP contribution >= 0.6 is 11.3 Å². The Kier molecular flexibility index (Phi) is 3.73. The molecule has 1 aliphatic carbocycles. The van der Waals surface area contributed by atoms with E-state index in [9.17, 15) is 0 Å². The standard InChI is InChI=1S/C7H7N3O.C4H5NS/c8-4-3-6-9-7(10-11-6)5-1-2-5;5-4-2-1-3-6-4/h5H,1-3H2;1-3H,5H2. The molecule has 0 saturated heterocycles. The molecule has 2 N–H and O–H groups in total. The maximum Gasteiger partial charge on any atom is 0.240 e. The average molecular weight is 248 g/mol. The second-order valence-corrected chi connectivity index (χ2v) is 4.65. The van der Waals surface area contributed by atoms with Crippen LogP contribution in [0, 0.1) is 11.3 Å². The lowest BCUT2D eigenvalue weighted by atomic mass is 10.4. The molecule has 5 nitrogen and oxygen atoms in total. The zero-order valence-electron chi connectivity index (χ0n) is 9.17. The Hall–Kier alpha value is -1.87. The summed E-state index contributed by atoms with van der Waals surface area (Å²) in [6.07, 6.45) is 2.54. The fourth-order valence-electron chi connectivity index (χ4n) is 1.21. The predicted molar refractivity (Wildman–Crippen MR) is 64.3 cm³/mol. The molecule has 0 unspecified atom stereocenters. The minimum absolute atomic E-state index is 0.222. The third-order valence-corrected chi connectivity index (χ3v) is 2.90. The molecule has 6 heteroatoms. The van der Waals surface area contributed by atoms with Crippen molar-refractivity contribution in [2.24, 2.45) is 0 Å². The number of nitrogens with zero attached hydrogens (tertiary/aromatic N) is 3. The SMILES string of the molecule is N#CCc1nc(C2CC2)no1.Nc1cccs1. The van der Waals surface area contributed by atoms with Gasteiger partial charge in [0.25, 0.3) is 0 Å². The summed E-state index contributed by atoms with van der Waals surface area (Å²) in [6, 6.07) is 5.77. The molecule has 0 spiro atoms. The number of anilines is 1. The van der Waals surface area contributed by atoms with Gasteiger partial charge in [0.1, 0.15) is 6.42 Å². The van der Waals surface area contributed by atoms with Gasteiger partial charge in [0.2, 0.25) is 5.89 Å². The van der Waals surface area contributed by atoms with Crippen molar-refractivity contribution in [1.29, 1.82) is 5.26 Å². The maximum absolute atomic E-state index is 8.31. The van der Waals surface area contributed by atoms with Crippen LogP contribution in [0.2, 0.25) is 0 Å². The summed E-state index contributed by atoms with van der Waals surface area (Å²) in [5.41, 5.74) is 5.30. The van der Waals surface area contributed by atoms with Crippen molar-refractivity contribution in [1.82, 2.24) is 10.1 Å². The molecule has 1 saturated carbocycles. The molecule has 0 radical (unpaired) electrons. The summed E-state index contributed by atoms with van der Waals surface area (Å²) in [7, 11) is 0. The van der Waals surface area contributed by atoms with Crippen LogP contribution < -0.4 is 5.73 Å². The van der Waals surface area contributed by atoms with Gasteiger partial charge in [-0.15, -0.1) is 11.3 Å². The molecule has 88 valence electrons. The van der Waals surface area contributed by atoms with Crippen molar-refractivity contribution in [3.05, 3.63) is 29.2 Å². The minimum atomic E-state index is 0.222. The lowest BCUT2D eigenvalue weighted by Gasteiger charge is -1.78. The molecular formula is C11H12N4OS. The van der Waals surface area contributed by atoms with E-state index in [4.69, 9.17) is 15.5 Å². The number of hydrogen-bond donors (Lipinski definition) is 1. The molecular weight excluding hydrogens is 236 g/mol. The normalized spacial score (nSPS) is 13.6. The largest absolute Gasteiger partial charge is 0.391 e. The van der Waals surface area contributed by atoms with E-state index in [0.29, 0.717) is 11.8 Å². The van der Waals surface area contributed by atoms with E-state index >= 15 is 0 Å². The van der Waals surface area contributed by atoms with Gasteiger partial charge < -0.3 is 10.3 Å². The van der Waals surface area contributed by atoms with Crippen molar-refractivity contribution in [3.8, 4) is 6.07 Å². The second-order valence-electron chi connectivity index (χ2n) is 3.67. The first-order chi connectivity index (χ1) is 8.29. The van der Waals surface area contributed by atoms with Crippen LogP contribution in [0.3, 0.4) is 0 Å². The Balaban J connectivity index is 0.000000153. The summed E-state index contributed by atoms with van der Waals surface area (Å²) in [4.78, 5) is 4.06. The molecule has 17 heavy (non-hydrogen) atoms. The molecule has 2 aromatic heterocycles. The van der Waals surface area contributed by atoms with E-state index in [1.54, 1.807) is 11.3 Å². The Bertz CT molecular complexity index is 496. The summed E-state index contributed by atoms with van der Waals surface area (Å²) in [6.45, 7) is 0. The smallest absolute Gasteiger partial charge is 0.240 e. The van der Waals surface area contributed by atoms with Crippen molar-refractivity contribution in [3.63, 3.8) is 0 Å². The Morgan fingerprint density at radius 1 is 1.59 bits per heavy atom. The summed E-state index contributed by atoms with van der Waals surface area (Å²) >= 11 is 1.56. The van der Waals surface area contributed by atoms with Crippen LogP contribution in [-0.4, -0.2) is 10.1 Å². The van der Waals surface area contributed by atoms with E-state index in [2.05, 4.69) is 10.1 Å². The van der Waals surface area contributed by atoms with Crippen LogP contribution in [0.5, 0.6) is 0 Å². The lowest BCUT2D eigenvalue weighted by molar-refractivity contribution is 0.381. The van der Waals surface area contributed by atoms with Crippen molar-refractivity contribution < 1.29 is 4.52 Å². The first kappa shape index (κ1) is 11.6. The van der Waals surface area contributed by atoms with Crippen LogP contribution in [0.1, 0.15) is 30.5 Å². The fourth-order valence-corrected chi connectivity index (χ4v) is 1.68. The zero-order chi connectivity index (χ0) is 12.1. The molecule has 0 atom stereocenters. The number of hydrogen-bond acceptors (Lipinski definition) is 6. The zero-order valence-corrected chi connectivity index (χ0v) is 9.98. The van der Waals surface area contributed by atoms with Crippen LogP contribution in [-0.2, 0) is 6.42 Å². The predicted octanol–water partition coefficient (Wildman–Crippen LogP) is 2.34. The average Bonchev–Trinajstić information content (AvgIpc) is 2.88. The molecule has 0 bridgehead atoms. The Labute approximate surface area is 103 Å². The first-order valence-electron chi connectivity index (χ1n) is 5.28. The number of nitrogen functional groups attached to an aromatic ring is 1. The van der Waals surface area contributed by atoms with Crippen molar-refractivity contribution >= 4 is 16.3 Å². The molecule has 2 heterocycles. The van der Waals surface area contributed by atoms with E-state index < -0.39 is 0 Å². The van der Waals surface area contributed by atoms with Gasteiger partial charge >= 0.3 is 0 Å². The Morgan fingerprint density at radius 3 is 2.88 bits per heavy atom. The summed E-state index contributed by atoms with van der Waals surface area (Å²) in [5, 5.41) is 14.9.